The molecule has 0 radical (unpaired) electrons. The smallest absolute Gasteiger partial charge is 0.416 e. The standard InChI is InChI=1S/C27H22F3N3O6S2/c28-27(29,30)15-2-1-3-16(12-15)33-24(35)20-19(21-23(31-26(37)41-21)40-22(20)25(33)36)14-4-6-17(7-5-14)39-13-18(34)32-8-10-38-11-9-32/h1-7,12,19-20,22H,8-11,13H2,(H,31,37). The van der Waals surface area contributed by atoms with Crippen LogP contribution >= 0.6 is 23.1 Å². The zero-order chi connectivity index (χ0) is 28.9. The van der Waals surface area contributed by atoms with E-state index >= 15 is 0 Å². The Balaban J connectivity index is 1.28. The quantitative estimate of drug-likeness (QED) is 0.444. The van der Waals surface area contributed by atoms with Gasteiger partial charge < -0.3 is 19.4 Å². The van der Waals surface area contributed by atoms with E-state index in [4.69, 9.17) is 9.47 Å². The Morgan fingerprint density at radius 3 is 2.49 bits per heavy atom. The number of amides is 3. The Morgan fingerprint density at radius 1 is 1.05 bits per heavy atom. The highest BCUT2D eigenvalue weighted by atomic mass is 32.2. The van der Waals surface area contributed by atoms with Crippen molar-refractivity contribution in [1.29, 1.82) is 0 Å². The molecule has 0 saturated carbocycles. The van der Waals surface area contributed by atoms with Crippen LogP contribution in [0, 0.1) is 5.92 Å². The minimum absolute atomic E-state index is 0.158. The molecule has 3 unspecified atom stereocenters. The molecule has 14 heteroatoms. The number of morpholine rings is 1. The second-order valence-electron chi connectivity index (χ2n) is 9.66. The largest absolute Gasteiger partial charge is 0.484 e. The number of aromatic nitrogens is 1. The summed E-state index contributed by atoms with van der Waals surface area (Å²) in [5.74, 6) is -2.68. The van der Waals surface area contributed by atoms with Crippen molar-refractivity contribution in [2.75, 3.05) is 37.8 Å². The summed E-state index contributed by atoms with van der Waals surface area (Å²) in [6.45, 7) is 1.78. The number of carbonyl (C=O) groups excluding carboxylic acids is 3. The number of carbonyl (C=O) groups is 3. The molecule has 4 heterocycles. The first kappa shape index (κ1) is 27.5. The highest BCUT2D eigenvalue weighted by Crippen LogP contribution is 2.53. The zero-order valence-corrected chi connectivity index (χ0v) is 22.8. The van der Waals surface area contributed by atoms with Crippen molar-refractivity contribution < 1.29 is 37.0 Å². The molecule has 0 bridgehead atoms. The van der Waals surface area contributed by atoms with Gasteiger partial charge >= 0.3 is 11.0 Å². The number of nitrogens with zero attached hydrogens (tertiary/aromatic N) is 2. The van der Waals surface area contributed by atoms with Gasteiger partial charge in [-0.05, 0) is 35.9 Å². The summed E-state index contributed by atoms with van der Waals surface area (Å²) in [6.07, 6.45) is -4.65. The number of fused-ring (bicyclic) bond motifs is 2. The van der Waals surface area contributed by atoms with Crippen molar-refractivity contribution in [1.82, 2.24) is 9.88 Å². The van der Waals surface area contributed by atoms with Crippen molar-refractivity contribution in [3.63, 3.8) is 0 Å². The molecule has 3 amide bonds. The molecular formula is C27H22F3N3O6S2. The Bertz CT molecular complexity index is 1570. The molecular weight excluding hydrogens is 583 g/mol. The molecule has 2 fully saturated rings. The Kier molecular flexibility index (Phi) is 7.16. The van der Waals surface area contributed by atoms with Crippen molar-refractivity contribution in [2.24, 2.45) is 5.92 Å². The third kappa shape index (κ3) is 5.15. The molecule has 6 rings (SSSR count). The topological polar surface area (TPSA) is 109 Å². The van der Waals surface area contributed by atoms with Gasteiger partial charge in [-0.1, -0.05) is 41.3 Å². The second kappa shape index (κ2) is 10.7. The van der Waals surface area contributed by atoms with Gasteiger partial charge in [0.1, 0.15) is 11.0 Å². The number of thioether (sulfide) groups is 1. The van der Waals surface area contributed by atoms with E-state index in [1.807, 2.05) is 0 Å². The normalized spacial score (nSPS) is 22.5. The number of hydrogen-bond donors (Lipinski definition) is 1. The summed E-state index contributed by atoms with van der Waals surface area (Å²) < 4.78 is 51.0. The molecule has 3 aliphatic rings. The SMILES string of the molecule is O=C(COc1ccc(C2c3sc(=O)[nH]c3SC3C(=O)N(c4cccc(C(F)(F)F)c4)C(=O)C32)cc1)N1CCOCC1. The van der Waals surface area contributed by atoms with Gasteiger partial charge in [0.2, 0.25) is 11.8 Å². The minimum atomic E-state index is -4.65. The van der Waals surface area contributed by atoms with Crippen molar-refractivity contribution in [3.05, 3.63) is 74.2 Å². The fourth-order valence-corrected chi connectivity index (χ4v) is 7.79. The number of benzene rings is 2. The first-order chi connectivity index (χ1) is 19.6. The van der Waals surface area contributed by atoms with E-state index in [2.05, 4.69) is 4.98 Å². The van der Waals surface area contributed by atoms with Gasteiger partial charge in [0, 0.05) is 23.9 Å². The lowest BCUT2D eigenvalue weighted by Crippen LogP contribution is -2.42. The van der Waals surface area contributed by atoms with Gasteiger partial charge in [0.25, 0.3) is 5.91 Å². The monoisotopic (exact) mass is 605 g/mol. The van der Waals surface area contributed by atoms with E-state index in [0.717, 1.165) is 46.2 Å². The third-order valence-corrected chi connectivity index (χ3v) is 9.62. The molecule has 1 N–H and O–H groups in total. The molecule has 0 aliphatic carbocycles. The Labute approximate surface area is 239 Å². The fourth-order valence-electron chi connectivity index (χ4n) is 5.27. The number of nitrogens with one attached hydrogen (secondary N) is 1. The van der Waals surface area contributed by atoms with Crippen LogP contribution in [0.1, 0.15) is 21.9 Å². The molecule has 0 spiro atoms. The van der Waals surface area contributed by atoms with Crippen molar-refractivity contribution in [2.45, 2.75) is 22.4 Å². The summed E-state index contributed by atoms with van der Waals surface area (Å²) in [5, 5.41) is -0.489. The number of aromatic amines is 1. The van der Waals surface area contributed by atoms with Gasteiger partial charge in [-0.25, -0.2) is 4.90 Å². The molecule has 3 aromatic rings. The van der Waals surface area contributed by atoms with Crippen LogP contribution in [-0.2, 0) is 25.3 Å². The number of anilines is 1. The van der Waals surface area contributed by atoms with Crippen LogP contribution < -0.4 is 14.5 Å². The second-order valence-corrected chi connectivity index (χ2v) is 11.8. The summed E-state index contributed by atoms with van der Waals surface area (Å²) in [5.41, 5.74) is -0.509. The molecule has 3 aliphatic heterocycles. The van der Waals surface area contributed by atoms with Crippen LogP contribution in [0.3, 0.4) is 0 Å². The third-order valence-electron chi connectivity index (χ3n) is 7.22. The predicted molar refractivity (Wildman–Crippen MR) is 143 cm³/mol. The highest BCUT2D eigenvalue weighted by molar-refractivity contribution is 8.00. The highest BCUT2D eigenvalue weighted by Gasteiger charge is 2.56. The minimum Gasteiger partial charge on any atom is -0.484 e. The van der Waals surface area contributed by atoms with Crippen LogP contribution in [0.15, 0.2) is 58.4 Å². The van der Waals surface area contributed by atoms with E-state index in [1.165, 1.54) is 6.07 Å². The number of halogens is 3. The fraction of sp³-hybridized carbons (Fsp3) is 0.333. The van der Waals surface area contributed by atoms with Gasteiger partial charge in [-0.2, -0.15) is 13.2 Å². The lowest BCUT2D eigenvalue weighted by molar-refractivity contribution is -0.138. The van der Waals surface area contributed by atoms with Gasteiger partial charge in [-0.15, -0.1) is 0 Å². The Hall–Kier alpha value is -3.62. The van der Waals surface area contributed by atoms with Crippen LogP contribution in [0.5, 0.6) is 5.75 Å². The van der Waals surface area contributed by atoms with Crippen molar-refractivity contribution >= 4 is 46.5 Å². The molecule has 3 atom stereocenters. The Morgan fingerprint density at radius 2 is 1.78 bits per heavy atom. The molecule has 2 aromatic carbocycles. The predicted octanol–water partition coefficient (Wildman–Crippen LogP) is 3.49. The molecule has 9 nitrogen and oxygen atoms in total. The number of ether oxygens (including phenoxy) is 2. The summed E-state index contributed by atoms with van der Waals surface area (Å²) in [7, 11) is 0. The number of imide groups is 1. The average Bonchev–Trinajstić information content (AvgIpc) is 3.46. The van der Waals surface area contributed by atoms with Gasteiger partial charge in [0.15, 0.2) is 6.61 Å². The number of alkyl halides is 3. The molecule has 41 heavy (non-hydrogen) atoms. The van der Waals surface area contributed by atoms with Crippen molar-refractivity contribution in [3.8, 4) is 5.75 Å². The van der Waals surface area contributed by atoms with E-state index in [0.29, 0.717) is 47.5 Å². The summed E-state index contributed by atoms with van der Waals surface area (Å²) in [4.78, 5) is 57.4. The van der Waals surface area contributed by atoms with E-state index in [9.17, 15) is 32.3 Å². The lowest BCUT2D eigenvalue weighted by atomic mass is 9.83. The molecule has 1 aromatic heterocycles. The van der Waals surface area contributed by atoms with E-state index in [-0.39, 0.29) is 23.1 Å². The average molecular weight is 606 g/mol. The summed E-state index contributed by atoms with van der Waals surface area (Å²) in [6, 6.07) is 10.8. The summed E-state index contributed by atoms with van der Waals surface area (Å²) >= 11 is 1.97. The number of H-pyrrole nitrogens is 1. The maximum absolute atomic E-state index is 13.8. The number of thiazole rings is 1. The molecule has 2 saturated heterocycles. The van der Waals surface area contributed by atoms with Gasteiger partial charge in [-0.3, -0.25) is 19.2 Å². The zero-order valence-electron chi connectivity index (χ0n) is 21.2. The first-order valence-electron chi connectivity index (χ1n) is 12.6. The lowest BCUT2D eigenvalue weighted by Gasteiger charge is -2.30. The van der Waals surface area contributed by atoms with Crippen LogP contribution in [0.2, 0.25) is 0 Å². The van der Waals surface area contributed by atoms with Crippen LogP contribution in [0.25, 0.3) is 0 Å². The number of hydrogen-bond acceptors (Lipinski definition) is 8. The first-order valence-corrected chi connectivity index (χ1v) is 14.3. The van der Waals surface area contributed by atoms with Gasteiger partial charge in [0.05, 0.1) is 35.4 Å². The molecule has 214 valence electrons. The maximum Gasteiger partial charge on any atom is 0.416 e. The van der Waals surface area contributed by atoms with Crippen LogP contribution in [-0.4, -0.2) is 65.8 Å². The van der Waals surface area contributed by atoms with E-state index in [1.54, 1.807) is 29.2 Å². The number of rotatable bonds is 5. The van der Waals surface area contributed by atoms with Crippen LogP contribution in [0.4, 0.5) is 18.9 Å². The van der Waals surface area contributed by atoms with E-state index < -0.39 is 40.6 Å². The maximum atomic E-state index is 13.8.